The minimum atomic E-state index is 0.107. The quantitative estimate of drug-likeness (QED) is 0.918. The molecule has 0 atom stereocenters. The van der Waals surface area contributed by atoms with Crippen LogP contribution in [0.5, 0.6) is 0 Å². The molecule has 0 saturated heterocycles. The molecule has 114 valence electrons. The van der Waals surface area contributed by atoms with Crippen molar-refractivity contribution in [3.63, 3.8) is 0 Å². The number of aromatic nitrogens is 4. The van der Waals surface area contributed by atoms with E-state index in [2.05, 4.69) is 61.1 Å². The summed E-state index contributed by atoms with van der Waals surface area (Å²) in [7, 11) is 0. The van der Waals surface area contributed by atoms with E-state index in [9.17, 15) is 0 Å². The van der Waals surface area contributed by atoms with E-state index >= 15 is 0 Å². The van der Waals surface area contributed by atoms with E-state index < -0.39 is 0 Å². The second kappa shape index (κ2) is 6.35. The fourth-order valence-electron chi connectivity index (χ4n) is 1.97. The van der Waals surface area contributed by atoms with Crippen LogP contribution in [-0.4, -0.2) is 25.3 Å². The van der Waals surface area contributed by atoms with Crippen LogP contribution in [0.1, 0.15) is 51.8 Å². The molecular formula is C16H25N5. The zero-order valence-electron chi connectivity index (χ0n) is 13.6. The molecule has 2 heterocycles. The maximum absolute atomic E-state index is 4.53. The number of nitrogens with one attached hydrogen (secondary N) is 1. The zero-order valence-corrected chi connectivity index (χ0v) is 13.6. The molecule has 0 unspecified atom stereocenters. The molecule has 0 bridgehead atoms. The highest BCUT2D eigenvalue weighted by molar-refractivity contribution is 5.26. The van der Waals surface area contributed by atoms with Gasteiger partial charge >= 0.3 is 0 Å². The van der Waals surface area contributed by atoms with E-state index in [1.807, 2.05) is 16.9 Å². The molecule has 0 saturated carbocycles. The van der Waals surface area contributed by atoms with E-state index in [1.54, 1.807) is 0 Å². The first-order valence-electron chi connectivity index (χ1n) is 7.58. The number of hydrogen-bond donors (Lipinski definition) is 1. The standard InChI is InChI=1S/C16H25N5/c1-6-13-19-14(7-2)21(20-13)15-9-8-12(10-17-15)11-18-16(3,4)5/h8-10,18H,6-7,11H2,1-5H3. The Morgan fingerprint density at radius 3 is 2.43 bits per heavy atom. The van der Waals surface area contributed by atoms with Crippen LogP contribution in [0.3, 0.4) is 0 Å². The first-order chi connectivity index (χ1) is 9.93. The summed E-state index contributed by atoms with van der Waals surface area (Å²) in [6.45, 7) is 11.4. The summed E-state index contributed by atoms with van der Waals surface area (Å²) in [5, 5.41) is 7.97. The Balaban J connectivity index is 2.17. The molecule has 21 heavy (non-hydrogen) atoms. The third-order valence-corrected chi connectivity index (χ3v) is 3.20. The van der Waals surface area contributed by atoms with Gasteiger partial charge in [-0.2, -0.15) is 4.68 Å². The van der Waals surface area contributed by atoms with Gasteiger partial charge in [0.25, 0.3) is 0 Å². The van der Waals surface area contributed by atoms with Crippen LogP contribution >= 0.6 is 0 Å². The molecule has 5 nitrogen and oxygen atoms in total. The molecule has 0 aromatic carbocycles. The van der Waals surface area contributed by atoms with Crippen molar-refractivity contribution in [3.05, 3.63) is 35.5 Å². The average molecular weight is 287 g/mol. The first-order valence-corrected chi connectivity index (χ1v) is 7.58. The Kier molecular flexibility index (Phi) is 4.73. The highest BCUT2D eigenvalue weighted by atomic mass is 15.4. The molecule has 2 aromatic heterocycles. The van der Waals surface area contributed by atoms with Gasteiger partial charge in [0.05, 0.1) is 0 Å². The average Bonchev–Trinajstić information content (AvgIpc) is 2.88. The summed E-state index contributed by atoms with van der Waals surface area (Å²) < 4.78 is 1.85. The number of hydrogen-bond acceptors (Lipinski definition) is 4. The van der Waals surface area contributed by atoms with E-state index in [-0.39, 0.29) is 5.54 Å². The predicted octanol–water partition coefficient (Wildman–Crippen LogP) is 2.68. The van der Waals surface area contributed by atoms with Gasteiger partial charge in [-0.25, -0.2) is 9.97 Å². The Hall–Kier alpha value is -1.75. The van der Waals surface area contributed by atoms with E-state index in [0.29, 0.717) is 0 Å². The lowest BCUT2D eigenvalue weighted by atomic mass is 10.1. The van der Waals surface area contributed by atoms with Crippen molar-refractivity contribution in [1.29, 1.82) is 0 Å². The van der Waals surface area contributed by atoms with Crippen LogP contribution in [0.15, 0.2) is 18.3 Å². The van der Waals surface area contributed by atoms with Gasteiger partial charge in [-0.15, -0.1) is 5.10 Å². The number of aryl methyl sites for hydroxylation is 2. The largest absolute Gasteiger partial charge is 0.308 e. The molecule has 0 aliphatic rings. The SMILES string of the molecule is CCc1nc(CC)n(-c2ccc(CNC(C)(C)C)cn2)n1. The molecular weight excluding hydrogens is 262 g/mol. The summed E-state index contributed by atoms with van der Waals surface area (Å²) in [5.74, 6) is 2.66. The van der Waals surface area contributed by atoms with Crippen molar-refractivity contribution < 1.29 is 0 Å². The van der Waals surface area contributed by atoms with Gasteiger partial charge in [0.15, 0.2) is 11.6 Å². The van der Waals surface area contributed by atoms with Crippen LogP contribution in [0, 0.1) is 0 Å². The lowest BCUT2D eigenvalue weighted by Gasteiger charge is -2.20. The third-order valence-electron chi connectivity index (χ3n) is 3.20. The van der Waals surface area contributed by atoms with Crippen molar-refractivity contribution in [2.75, 3.05) is 0 Å². The van der Waals surface area contributed by atoms with Crippen LogP contribution in [0.2, 0.25) is 0 Å². The second-order valence-corrected chi connectivity index (χ2v) is 6.19. The van der Waals surface area contributed by atoms with Crippen LogP contribution in [0.25, 0.3) is 5.82 Å². The van der Waals surface area contributed by atoms with E-state index in [1.165, 1.54) is 5.56 Å². The Bertz CT molecular complexity index is 578. The van der Waals surface area contributed by atoms with E-state index in [4.69, 9.17) is 0 Å². The summed E-state index contributed by atoms with van der Waals surface area (Å²) in [5.41, 5.74) is 1.28. The van der Waals surface area contributed by atoms with Crippen molar-refractivity contribution in [1.82, 2.24) is 25.1 Å². The van der Waals surface area contributed by atoms with Crippen molar-refractivity contribution >= 4 is 0 Å². The van der Waals surface area contributed by atoms with Crippen molar-refractivity contribution in [2.45, 2.75) is 59.5 Å². The summed E-state index contributed by atoms with van der Waals surface area (Å²) in [6, 6.07) is 4.10. The van der Waals surface area contributed by atoms with Crippen molar-refractivity contribution in [2.24, 2.45) is 0 Å². The number of rotatable bonds is 5. The molecule has 0 amide bonds. The summed E-state index contributed by atoms with van der Waals surface area (Å²) >= 11 is 0. The highest BCUT2D eigenvalue weighted by Gasteiger charge is 2.11. The Morgan fingerprint density at radius 1 is 1.14 bits per heavy atom. The first kappa shape index (κ1) is 15.6. The molecule has 0 aliphatic carbocycles. The predicted molar refractivity (Wildman–Crippen MR) is 84.5 cm³/mol. The molecule has 2 rings (SSSR count). The fraction of sp³-hybridized carbons (Fsp3) is 0.562. The minimum absolute atomic E-state index is 0.107. The minimum Gasteiger partial charge on any atom is -0.308 e. The second-order valence-electron chi connectivity index (χ2n) is 6.19. The molecule has 0 aliphatic heterocycles. The lowest BCUT2D eigenvalue weighted by Crippen LogP contribution is -2.35. The van der Waals surface area contributed by atoms with E-state index in [0.717, 1.165) is 36.9 Å². The maximum Gasteiger partial charge on any atom is 0.155 e. The summed E-state index contributed by atoms with van der Waals surface area (Å²) in [6.07, 6.45) is 3.59. The zero-order chi connectivity index (χ0) is 15.5. The van der Waals surface area contributed by atoms with Crippen LogP contribution in [-0.2, 0) is 19.4 Å². The molecule has 0 spiro atoms. The smallest absolute Gasteiger partial charge is 0.155 e. The third kappa shape index (κ3) is 4.11. The van der Waals surface area contributed by atoms with Gasteiger partial charge in [0.1, 0.15) is 5.82 Å². The van der Waals surface area contributed by atoms with Crippen LogP contribution < -0.4 is 5.32 Å². The maximum atomic E-state index is 4.53. The monoisotopic (exact) mass is 287 g/mol. The normalized spacial score (nSPS) is 11.9. The number of pyridine rings is 1. The topological polar surface area (TPSA) is 55.6 Å². The molecule has 2 aromatic rings. The molecule has 0 radical (unpaired) electrons. The molecule has 0 fully saturated rings. The van der Waals surface area contributed by atoms with Gasteiger partial charge in [-0.1, -0.05) is 19.9 Å². The van der Waals surface area contributed by atoms with Gasteiger partial charge in [0.2, 0.25) is 0 Å². The molecule has 5 heteroatoms. The fourth-order valence-corrected chi connectivity index (χ4v) is 1.97. The Labute approximate surface area is 126 Å². The van der Waals surface area contributed by atoms with Gasteiger partial charge in [-0.05, 0) is 32.4 Å². The number of nitrogens with zero attached hydrogens (tertiary/aromatic N) is 4. The Morgan fingerprint density at radius 2 is 1.90 bits per heavy atom. The van der Waals surface area contributed by atoms with Crippen molar-refractivity contribution in [3.8, 4) is 5.82 Å². The van der Waals surface area contributed by atoms with Crippen LogP contribution in [0.4, 0.5) is 0 Å². The highest BCUT2D eigenvalue weighted by Crippen LogP contribution is 2.10. The van der Waals surface area contributed by atoms with Gasteiger partial charge < -0.3 is 5.32 Å². The lowest BCUT2D eigenvalue weighted by molar-refractivity contribution is 0.424. The molecule has 1 N–H and O–H groups in total. The van der Waals surface area contributed by atoms with Gasteiger partial charge in [-0.3, -0.25) is 0 Å². The van der Waals surface area contributed by atoms with Gasteiger partial charge in [0, 0.05) is 31.1 Å². The summed E-state index contributed by atoms with van der Waals surface area (Å²) in [4.78, 5) is 9.04.